The van der Waals surface area contributed by atoms with E-state index in [2.05, 4.69) is 14.7 Å². The minimum Gasteiger partial charge on any atom is -0.496 e. The molecule has 20 heavy (non-hydrogen) atoms. The standard InChI is InChI=1S/C11H10N2O6S/c1-18-9-3-2-7(4-8(9)11(14)15)20(16,17)5-10-12-6-19-13-10/h2-4,6H,5H2,1H3,(H,14,15). The molecular weight excluding hydrogens is 288 g/mol. The molecule has 2 rings (SSSR count). The fraction of sp³-hybridized carbons (Fsp3) is 0.182. The minimum atomic E-state index is -3.77. The van der Waals surface area contributed by atoms with Crippen molar-refractivity contribution in [2.45, 2.75) is 10.6 Å². The predicted octanol–water partition coefficient (Wildman–Crippen LogP) is 0.750. The largest absolute Gasteiger partial charge is 0.496 e. The van der Waals surface area contributed by atoms with E-state index in [0.29, 0.717) is 0 Å². The number of benzene rings is 1. The summed E-state index contributed by atoms with van der Waals surface area (Å²) in [7, 11) is -2.47. The summed E-state index contributed by atoms with van der Waals surface area (Å²) in [6, 6.07) is 3.59. The molecule has 0 amide bonds. The van der Waals surface area contributed by atoms with Crippen LogP contribution in [0.5, 0.6) is 5.75 Å². The number of nitrogens with zero attached hydrogens (tertiary/aromatic N) is 2. The van der Waals surface area contributed by atoms with E-state index in [-0.39, 0.29) is 22.0 Å². The van der Waals surface area contributed by atoms with Crippen molar-refractivity contribution in [2.75, 3.05) is 7.11 Å². The third-order valence-corrected chi connectivity index (χ3v) is 4.10. The molecule has 1 heterocycles. The summed E-state index contributed by atoms with van der Waals surface area (Å²) < 4.78 is 33.6. The van der Waals surface area contributed by atoms with E-state index >= 15 is 0 Å². The molecule has 1 aromatic carbocycles. The molecule has 1 aromatic heterocycles. The van der Waals surface area contributed by atoms with Gasteiger partial charge >= 0.3 is 5.97 Å². The number of hydrogen-bond donors (Lipinski definition) is 1. The summed E-state index contributed by atoms with van der Waals surface area (Å²) in [5, 5.41) is 12.4. The first kappa shape index (κ1) is 14.0. The fourth-order valence-electron chi connectivity index (χ4n) is 1.56. The van der Waals surface area contributed by atoms with Crippen LogP contribution in [-0.4, -0.2) is 36.7 Å². The third-order valence-electron chi connectivity index (χ3n) is 2.49. The first-order chi connectivity index (χ1) is 9.44. The molecule has 0 bridgehead atoms. The second-order valence-corrected chi connectivity index (χ2v) is 5.76. The molecule has 0 fully saturated rings. The number of methoxy groups -OCH3 is 1. The zero-order valence-electron chi connectivity index (χ0n) is 10.3. The molecule has 8 nitrogen and oxygen atoms in total. The number of sulfone groups is 1. The van der Waals surface area contributed by atoms with E-state index in [1.165, 1.54) is 19.2 Å². The van der Waals surface area contributed by atoms with Crippen LogP contribution in [0.15, 0.2) is 34.0 Å². The van der Waals surface area contributed by atoms with Crippen molar-refractivity contribution in [2.24, 2.45) is 0 Å². The van der Waals surface area contributed by atoms with E-state index in [9.17, 15) is 13.2 Å². The molecule has 0 unspecified atom stereocenters. The van der Waals surface area contributed by atoms with E-state index in [4.69, 9.17) is 9.84 Å². The molecule has 0 saturated heterocycles. The predicted molar refractivity (Wildman–Crippen MR) is 65.1 cm³/mol. The molecule has 106 valence electrons. The lowest BCUT2D eigenvalue weighted by Gasteiger charge is -2.07. The zero-order chi connectivity index (χ0) is 14.8. The number of aromatic nitrogens is 2. The monoisotopic (exact) mass is 298 g/mol. The number of rotatable bonds is 5. The van der Waals surface area contributed by atoms with E-state index in [0.717, 1.165) is 12.5 Å². The van der Waals surface area contributed by atoms with Gasteiger partial charge in [-0.2, -0.15) is 4.98 Å². The van der Waals surface area contributed by atoms with Crippen molar-refractivity contribution >= 4 is 15.8 Å². The highest BCUT2D eigenvalue weighted by Gasteiger charge is 2.21. The van der Waals surface area contributed by atoms with Gasteiger partial charge in [-0.15, -0.1) is 0 Å². The Bertz CT molecular complexity index is 723. The summed E-state index contributed by atoms with van der Waals surface area (Å²) in [5.74, 6) is -1.68. The lowest BCUT2D eigenvalue weighted by Crippen LogP contribution is -2.09. The van der Waals surface area contributed by atoms with Crippen molar-refractivity contribution in [3.05, 3.63) is 36.0 Å². The number of hydrogen-bond acceptors (Lipinski definition) is 7. The summed E-state index contributed by atoms with van der Waals surface area (Å²) in [6.07, 6.45) is 1.02. The first-order valence-corrected chi connectivity index (χ1v) is 6.98. The molecule has 0 saturated carbocycles. The van der Waals surface area contributed by atoms with Gasteiger partial charge in [0, 0.05) is 0 Å². The van der Waals surface area contributed by atoms with Crippen molar-refractivity contribution in [1.82, 2.24) is 10.1 Å². The van der Waals surface area contributed by atoms with E-state index < -0.39 is 21.6 Å². The lowest BCUT2D eigenvalue weighted by molar-refractivity contribution is 0.0693. The molecule has 9 heteroatoms. The number of carboxylic acids is 1. The summed E-state index contributed by atoms with van der Waals surface area (Å²) in [6.45, 7) is 0. The molecule has 0 aliphatic carbocycles. The molecule has 0 radical (unpaired) electrons. The Morgan fingerprint density at radius 2 is 2.20 bits per heavy atom. The smallest absolute Gasteiger partial charge is 0.339 e. The van der Waals surface area contributed by atoms with Crippen LogP contribution >= 0.6 is 0 Å². The average Bonchev–Trinajstić information content (AvgIpc) is 2.89. The molecule has 0 atom stereocenters. The van der Waals surface area contributed by atoms with E-state index in [1.54, 1.807) is 0 Å². The van der Waals surface area contributed by atoms with E-state index in [1.807, 2.05) is 0 Å². The topological polar surface area (TPSA) is 120 Å². The summed E-state index contributed by atoms with van der Waals surface area (Å²) in [5.41, 5.74) is -0.235. The van der Waals surface area contributed by atoms with Crippen LogP contribution in [0.25, 0.3) is 0 Å². The highest BCUT2D eigenvalue weighted by Crippen LogP contribution is 2.24. The third kappa shape index (κ3) is 2.77. The van der Waals surface area contributed by atoms with Gasteiger partial charge in [-0.05, 0) is 18.2 Å². The zero-order valence-corrected chi connectivity index (χ0v) is 11.1. The Labute approximate surface area is 113 Å². The van der Waals surface area contributed by atoms with Gasteiger partial charge in [-0.3, -0.25) is 0 Å². The second kappa shape index (κ2) is 5.29. The number of carboxylic acid groups (broad SMARTS) is 1. The highest BCUT2D eigenvalue weighted by atomic mass is 32.2. The van der Waals surface area contributed by atoms with Crippen LogP contribution in [0.3, 0.4) is 0 Å². The highest BCUT2D eigenvalue weighted by molar-refractivity contribution is 7.90. The average molecular weight is 298 g/mol. The van der Waals surface area contributed by atoms with Crippen LogP contribution in [-0.2, 0) is 15.6 Å². The van der Waals surface area contributed by atoms with Gasteiger partial charge in [0.25, 0.3) is 0 Å². The Kier molecular flexibility index (Phi) is 3.70. The van der Waals surface area contributed by atoms with Gasteiger partial charge < -0.3 is 14.4 Å². The van der Waals surface area contributed by atoms with Crippen LogP contribution in [0, 0.1) is 0 Å². The van der Waals surface area contributed by atoms with Crippen LogP contribution in [0.1, 0.15) is 16.2 Å². The molecule has 1 N–H and O–H groups in total. The lowest BCUT2D eigenvalue weighted by atomic mass is 10.2. The van der Waals surface area contributed by atoms with Crippen molar-refractivity contribution in [3.63, 3.8) is 0 Å². The minimum absolute atomic E-state index is 0.00214. The SMILES string of the molecule is COc1ccc(S(=O)(=O)Cc2ncon2)cc1C(=O)O. The fourth-order valence-corrected chi connectivity index (χ4v) is 2.76. The second-order valence-electron chi connectivity index (χ2n) is 3.77. The Hall–Kier alpha value is -2.42. The number of carbonyl (C=O) groups is 1. The maximum Gasteiger partial charge on any atom is 0.339 e. The van der Waals surface area contributed by atoms with Gasteiger partial charge in [0.05, 0.1) is 12.0 Å². The van der Waals surface area contributed by atoms with Crippen molar-refractivity contribution < 1.29 is 27.6 Å². The molecule has 0 aliphatic heterocycles. The van der Waals surface area contributed by atoms with Gasteiger partial charge in [-0.1, -0.05) is 5.16 Å². The van der Waals surface area contributed by atoms with Gasteiger partial charge in [-0.25, -0.2) is 13.2 Å². The number of ether oxygens (including phenoxy) is 1. The molecule has 0 aliphatic rings. The normalized spacial score (nSPS) is 11.2. The number of aromatic carboxylic acids is 1. The van der Waals surface area contributed by atoms with Crippen LogP contribution < -0.4 is 4.74 Å². The Morgan fingerprint density at radius 3 is 2.75 bits per heavy atom. The van der Waals surface area contributed by atoms with Crippen molar-refractivity contribution in [3.8, 4) is 5.75 Å². The van der Waals surface area contributed by atoms with Crippen molar-refractivity contribution in [1.29, 1.82) is 0 Å². The Morgan fingerprint density at radius 1 is 1.45 bits per heavy atom. The van der Waals surface area contributed by atoms with Crippen LogP contribution in [0.4, 0.5) is 0 Å². The Balaban J connectivity index is 2.42. The maximum absolute atomic E-state index is 12.1. The first-order valence-electron chi connectivity index (χ1n) is 5.33. The van der Waals surface area contributed by atoms with Gasteiger partial charge in [0.15, 0.2) is 15.7 Å². The molecular formula is C11H10N2O6S. The van der Waals surface area contributed by atoms with Gasteiger partial charge in [0.1, 0.15) is 17.1 Å². The van der Waals surface area contributed by atoms with Gasteiger partial charge in [0.2, 0.25) is 6.39 Å². The summed E-state index contributed by atoms with van der Waals surface area (Å²) >= 11 is 0. The molecule has 0 spiro atoms. The van der Waals surface area contributed by atoms with Crippen LogP contribution in [0.2, 0.25) is 0 Å². The quantitative estimate of drug-likeness (QED) is 0.858. The maximum atomic E-state index is 12.1. The summed E-state index contributed by atoms with van der Waals surface area (Å²) in [4.78, 5) is 14.5. The molecule has 2 aromatic rings.